The van der Waals surface area contributed by atoms with Crippen LogP contribution in [0.5, 0.6) is 11.5 Å². The lowest BCUT2D eigenvalue weighted by Crippen LogP contribution is -2.28. The van der Waals surface area contributed by atoms with Crippen LogP contribution in [-0.4, -0.2) is 29.7 Å². The Morgan fingerprint density at radius 2 is 2.00 bits per heavy atom. The second-order valence-electron chi connectivity index (χ2n) is 5.92. The molecular weight excluding hydrogens is 478 g/mol. The van der Waals surface area contributed by atoms with E-state index in [0.29, 0.717) is 28.7 Å². The van der Waals surface area contributed by atoms with Crippen molar-refractivity contribution in [2.75, 3.05) is 13.7 Å². The van der Waals surface area contributed by atoms with Crippen molar-refractivity contribution in [1.29, 1.82) is 0 Å². The quantitative estimate of drug-likeness (QED) is 0.401. The number of benzene rings is 2. The molecule has 2 amide bonds. The van der Waals surface area contributed by atoms with Crippen molar-refractivity contribution in [3.05, 3.63) is 61.9 Å². The molecule has 0 bridgehead atoms. The number of rotatable bonds is 6. The standard InChI is InChI=1S/C21H15BrClNO4S/c1-3-8-24-20(25)18(29-21(24)26)11-14-9-16(23)19(17(10-14)27-2)28-12-13-4-6-15(22)7-5-13/h1,4-7,9-11H,8,12H2,2H3/b18-11+. The number of thioether (sulfide) groups is 1. The molecule has 0 atom stereocenters. The Kier molecular flexibility index (Phi) is 6.91. The second-order valence-corrected chi connectivity index (χ2v) is 8.24. The Balaban J connectivity index is 1.83. The summed E-state index contributed by atoms with van der Waals surface area (Å²) in [7, 11) is 1.50. The number of hydrogen-bond donors (Lipinski definition) is 0. The van der Waals surface area contributed by atoms with Crippen molar-refractivity contribution in [1.82, 2.24) is 4.90 Å². The first-order chi connectivity index (χ1) is 13.9. The van der Waals surface area contributed by atoms with Gasteiger partial charge in [0.15, 0.2) is 11.5 Å². The van der Waals surface area contributed by atoms with Crippen LogP contribution in [0.1, 0.15) is 11.1 Å². The second kappa shape index (κ2) is 9.40. The fraction of sp³-hybridized carbons (Fsp3) is 0.143. The van der Waals surface area contributed by atoms with E-state index in [2.05, 4.69) is 21.9 Å². The van der Waals surface area contributed by atoms with E-state index < -0.39 is 11.1 Å². The number of imide groups is 1. The molecule has 0 N–H and O–H groups in total. The molecule has 1 saturated heterocycles. The number of hydrogen-bond acceptors (Lipinski definition) is 5. The number of carbonyl (C=O) groups is 2. The molecule has 0 unspecified atom stereocenters. The normalized spacial score (nSPS) is 15.0. The molecule has 1 aliphatic heterocycles. The van der Waals surface area contributed by atoms with Gasteiger partial charge in [-0.1, -0.05) is 45.6 Å². The summed E-state index contributed by atoms with van der Waals surface area (Å²) in [4.78, 5) is 25.5. The third-order valence-corrected chi connectivity index (χ3v) is 5.69. The van der Waals surface area contributed by atoms with Gasteiger partial charge in [0.1, 0.15) is 6.61 Å². The average Bonchev–Trinajstić information content (AvgIpc) is 2.96. The van der Waals surface area contributed by atoms with Gasteiger partial charge in [-0.3, -0.25) is 14.5 Å². The van der Waals surface area contributed by atoms with Crippen LogP contribution in [0.3, 0.4) is 0 Å². The summed E-state index contributed by atoms with van der Waals surface area (Å²) in [5.41, 5.74) is 1.58. The highest BCUT2D eigenvalue weighted by Crippen LogP contribution is 2.39. The highest BCUT2D eigenvalue weighted by molar-refractivity contribution is 9.10. The lowest BCUT2D eigenvalue weighted by atomic mass is 10.1. The largest absolute Gasteiger partial charge is 0.493 e. The van der Waals surface area contributed by atoms with E-state index >= 15 is 0 Å². The molecule has 0 aromatic heterocycles. The number of terminal acetylenes is 1. The predicted octanol–water partition coefficient (Wildman–Crippen LogP) is 5.36. The van der Waals surface area contributed by atoms with Gasteiger partial charge in [-0.15, -0.1) is 6.42 Å². The first kappa shape index (κ1) is 21.3. The molecule has 0 saturated carbocycles. The van der Waals surface area contributed by atoms with Gasteiger partial charge in [0.2, 0.25) is 0 Å². The molecule has 5 nitrogen and oxygen atoms in total. The van der Waals surface area contributed by atoms with E-state index in [1.807, 2.05) is 24.3 Å². The van der Waals surface area contributed by atoms with Crippen LogP contribution in [0.2, 0.25) is 5.02 Å². The number of methoxy groups -OCH3 is 1. The molecule has 29 heavy (non-hydrogen) atoms. The zero-order chi connectivity index (χ0) is 21.0. The van der Waals surface area contributed by atoms with Crippen LogP contribution in [0.4, 0.5) is 4.79 Å². The van der Waals surface area contributed by atoms with Gasteiger partial charge in [0, 0.05) is 4.47 Å². The molecule has 148 valence electrons. The topological polar surface area (TPSA) is 55.8 Å². The van der Waals surface area contributed by atoms with E-state index in [1.54, 1.807) is 18.2 Å². The van der Waals surface area contributed by atoms with Gasteiger partial charge in [0.05, 0.1) is 23.6 Å². The molecule has 2 aromatic rings. The molecule has 1 fully saturated rings. The summed E-state index contributed by atoms with van der Waals surface area (Å²) >= 11 is 10.6. The molecule has 0 spiro atoms. The van der Waals surface area contributed by atoms with Crippen molar-refractivity contribution < 1.29 is 19.1 Å². The fourth-order valence-electron chi connectivity index (χ4n) is 2.58. The van der Waals surface area contributed by atoms with Gasteiger partial charge in [-0.2, -0.15) is 0 Å². The summed E-state index contributed by atoms with van der Waals surface area (Å²) in [5, 5.41) is -0.0673. The van der Waals surface area contributed by atoms with Gasteiger partial charge >= 0.3 is 0 Å². The molecule has 2 aromatic carbocycles. The van der Waals surface area contributed by atoms with Gasteiger partial charge < -0.3 is 9.47 Å². The maximum atomic E-state index is 12.3. The fourth-order valence-corrected chi connectivity index (χ4v) is 3.95. The van der Waals surface area contributed by atoms with Crippen LogP contribution in [-0.2, 0) is 11.4 Å². The lowest BCUT2D eigenvalue weighted by Gasteiger charge is -2.13. The maximum Gasteiger partial charge on any atom is 0.294 e. The first-order valence-electron chi connectivity index (χ1n) is 8.36. The van der Waals surface area contributed by atoms with Gasteiger partial charge in [-0.05, 0) is 53.2 Å². The Morgan fingerprint density at radius 3 is 2.66 bits per heavy atom. The summed E-state index contributed by atoms with van der Waals surface area (Å²) in [5.74, 6) is 2.69. The zero-order valence-corrected chi connectivity index (χ0v) is 18.4. The summed E-state index contributed by atoms with van der Waals surface area (Å²) in [6.45, 7) is 0.253. The lowest BCUT2D eigenvalue weighted by molar-refractivity contribution is -0.122. The maximum absolute atomic E-state index is 12.3. The van der Waals surface area contributed by atoms with Crippen molar-refractivity contribution in [3.63, 3.8) is 0 Å². The minimum Gasteiger partial charge on any atom is -0.493 e. The highest BCUT2D eigenvalue weighted by Gasteiger charge is 2.34. The van der Waals surface area contributed by atoms with E-state index in [1.165, 1.54) is 7.11 Å². The Morgan fingerprint density at radius 1 is 1.28 bits per heavy atom. The van der Waals surface area contributed by atoms with E-state index in [9.17, 15) is 9.59 Å². The number of ether oxygens (including phenoxy) is 2. The van der Waals surface area contributed by atoms with E-state index in [-0.39, 0.29) is 11.4 Å². The van der Waals surface area contributed by atoms with Crippen LogP contribution < -0.4 is 9.47 Å². The van der Waals surface area contributed by atoms with Crippen molar-refractivity contribution >= 4 is 56.5 Å². The third kappa shape index (κ3) is 4.96. The van der Waals surface area contributed by atoms with Crippen LogP contribution in [0.15, 0.2) is 45.8 Å². The van der Waals surface area contributed by atoms with E-state index in [0.717, 1.165) is 26.7 Å². The molecule has 3 rings (SSSR count). The van der Waals surface area contributed by atoms with Crippen molar-refractivity contribution in [2.45, 2.75) is 6.61 Å². The number of carbonyl (C=O) groups excluding carboxylic acids is 2. The van der Waals surface area contributed by atoms with Crippen molar-refractivity contribution in [3.8, 4) is 23.8 Å². The van der Waals surface area contributed by atoms with Gasteiger partial charge in [-0.25, -0.2) is 0 Å². The summed E-state index contributed by atoms with van der Waals surface area (Å²) in [6, 6.07) is 11.1. The van der Waals surface area contributed by atoms with Gasteiger partial charge in [0.25, 0.3) is 11.1 Å². The summed E-state index contributed by atoms with van der Waals surface area (Å²) < 4.78 is 12.2. The molecule has 0 radical (unpaired) electrons. The number of nitrogens with zero attached hydrogens (tertiary/aromatic N) is 1. The Bertz CT molecular complexity index is 1030. The van der Waals surface area contributed by atoms with Crippen LogP contribution >= 0.6 is 39.3 Å². The molecule has 0 aliphatic carbocycles. The van der Waals surface area contributed by atoms with Crippen LogP contribution in [0.25, 0.3) is 6.08 Å². The van der Waals surface area contributed by atoms with Crippen molar-refractivity contribution in [2.24, 2.45) is 0 Å². The van der Waals surface area contributed by atoms with Crippen LogP contribution in [0, 0.1) is 12.3 Å². The SMILES string of the molecule is C#CCN1C(=O)S/C(=C/c2cc(Cl)c(OCc3ccc(Br)cc3)c(OC)c2)C1=O. The minimum atomic E-state index is -0.427. The number of amides is 2. The predicted molar refractivity (Wildman–Crippen MR) is 118 cm³/mol. The Hall–Kier alpha value is -2.40. The Labute approximate surface area is 186 Å². The molecular formula is C21H15BrClNO4S. The first-order valence-corrected chi connectivity index (χ1v) is 10.3. The third-order valence-electron chi connectivity index (χ3n) is 3.97. The average molecular weight is 493 g/mol. The molecule has 8 heteroatoms. The van der Waals surface area contributed by atoms with E-state index in [4.69, 9.17) is 27.5 Å². The smallest absolute Gasteiger partial charge is 0.294 e. The molecule has 1 aliphatic rings. The zero-order valence-electron chi connectivity index (χ0n) is 15.3. The monoisotopic (exact) mass is 491 g/mol. The minimum absolute atomic E-state index is 0.0606. The molecule has 1 heterocycles. The highest BCUT2D eigenvalue weighted by atomic mass is 79.9. The summed E-state index contributed by atoms with van der Waals surface area (Å²) in [6.07, 6.45) is 6.79. The number of halogens is 2.